The standard InChI is InChI=1S/C29H41NO9/c1-15(32)38-18-12-28(5)17(8-9-19(28)33)21-23(18)29(6)20(14-37-7)39-26(36)16(22(29)25(35)24(21)34)13-30(10-11-31)27(2,3)4/h13,17-20,31,33,35H,8-12,14H2,1-7H3/b16-13+/t17?,18-,19+,20-,28+,29+/m1/s1. The van der Waals surface area contributed by atoms with E-state index in [1.54, 1.807) is 11.8 Å². The molecule has 2 fully saturated rings. The summed E-state index contributed by atoms with van der Waals surface area (Å²) in [5, 5.41) is 32.2. The van der Waals surface area contributed by atoms with Crippen LogP contribution in [0.25, 0.3) is 0 Å². The van der Waals surface area contributed by atoms with E-state index in [0.29, 0.717) is 24.0 Å². The van der Waals surface area contributed by atoms with Gasteiger partial charge in [0, 0.05) is 48.9 Å². The lowest BCUT2D eigenvalue weighted by molar-refractivity contribution is -0.161. The average Bonchev–Trinajstić information content (AvgIpc) is 3.12. The van der Waals surface area contributed by atoms with Crippen LogP contribution in [0.4, 0.5) is 0 Å². The lowest BCUT2D eigenvalue weighted by Crippen LogP contribution is -2.57. The van der Waals surface area contributed by atoms with Crippen LogP contribution < -0.4 is 0 Å². The van der Waals surface area contributed by atoms with Gasteiger partial charge in [0.15, 0.2) is 5.76 Å². The minimum atomic E-state index is -1.28. The molecule has 0 aromatic rings. The maximum absolute atomic E-state index is 14.1. The van der Waals surface area contributed by atoms with Crippen LogP contribution in [-0.4, -0.2) is 88.7 Å². The number of Topliss-reactive ketones (excluding diaryl/α,β-unsaturated/α-hetero) is 1. The number of rotatable bonds is 6. The molecule has 6 atom stereocenters. The molecule has 10 nitrogen and oxygen atoms in total. The van der Waals surface area contributed by atoms with Crippen molar-refractivity contribution in [1.82, 2.24) is 4.90 Å². The Balaban J connectivity index is 2.02. The number of esters is 2. The van der Waals surface area contributed by atoms with Crippen LogP contribution in [-0.2, 0) is 28.6 Å². The molecular weight excluding hydrogens is 506 g/mol. The van der Waals surface area contributed by atoms with Gasteiger partial charge in [0.1, 0.15) is 12.2 Å². The number of carbonyl (C=O) groups is 3. The Morgan fingerprint density at radius 3 is 2.46 bits per heavy atom. The van der Waals surface area contributed by atoms with Crippen molar-refractivity contribution in [2.45, 2.75) is 84.7 Å². The molecule has 3 aliphatic carbocycles. The number of ketones is 1. The van der Waals surface area contributed by atoms with E-state index in [-0.39, 0.29) is 43.2 Å². The van der Waals surface area contributed by atoms with Gasteiger partial charge in [-0.1, -0.05) is 6.92 Å². The van der Waals surface area contributed by atoms with Crippen LogP contribution in [0.5, 0.6) is 0 Å². The number of aliphatic hydroxyl groups excluding tert-OH is 3. The fourth-order valence-electron chi connectivity index (χ4n) is 7.13. The quantitative estimate of drug-likeness (QED) is 0.335. The fraction of sp³-hybridized carbons (Fsp3) is 0.690. The number of cyclic esters (lactones) is 1. The molecule has 1 unspecified atom stereocenters. The van der Waals surface area contributed by atoms with Gasteiger partial charge in [0.05, 0.1) is 30.3 Å². The second kappa shape index (κ2) is 10.1. The highest BCUT2D eigenvalue weighted by Crippen LogP contribution is 2.63. The monoisotopic (exact) mass is 547 g/mol. The molecule has 0 aromatic carbocycles. The van der Waals surface area contributed by atoms with Gasteiger partial charge in [0.2, 0.25) is 5.78 Å². The SMILES string of the molecule is COC[C@H]1OC(=O)/C(=C/N(CCO)C(C)(C)C)C2=C(O)C(=O)C3=C([C@H](OC(C)=O)C[C@@]4(C)C3CC[C@@H]4O)[C@]21C. The number of fused-ring (bicyclic) bond motifs is 4. The van der Waals surface area contributed by atoms with E-state index in [1.807, 2.05) is 27.7 Å². The zero-order chi connectivity index (χ0) is 29.1. The topological polar surface area (TPSA) is 143 Å². The summed E-state index contributed by atoms with van der Waals surface area (Å²) in [6.07, 6.45) is 0.260. The maximum Gasteiger partial charge on any atom is 0.340 e. The van der Waals surface area contributed by atoms with Crippen molar-refractivity contribution >= 4 is 17.7 Å². The predicted octanol–water partition coefficient (Wildman–Crippen LogP) is 2.35. The number of aliphatic hydroxyl groups is 3. The number of allylic oxidation sites excluding steroid dienone is 1. The number of carbonyl (C=O) groups excluding carboxylic acids is 3. The zero-order valence-corrected chi connectivity index (χ0v) is 23.9. The summed E-state index contributed by atoms with van der Waals surface area (Å²) >= 11 is 0. The van der Waals surface area contributed by atoms with Crippen LogP contribution in [0.15, 0.2) is 34.3 Å². The van der Waals surface area contributed by atoms with Gasteiger partial charge in [-0.3, -0.25) is 9.59 Å². The first-order valence-corrected chi connectivity index (χ1v) is 13.5. The Kier molecular flexibility index (Phi) is 7.55. The summed E-state index contributed by atoms with van der Waals surface area (Å²) in [6, 6.07) is 0. The molecule has 3 N–H and O–H groups in total. The zero-order valence-electron chi connectivity index (χ0n) is 23.9. The Morgan fingerprint density at radius 1 is 1.23 bits per heavy atom. The molecule has 4 aliphatic rings. The third-order valence-corrected chi connectivity index (χ3v) is 9.14. The molecule has 0 aromatic heterocycles. The first-order valence-electron chi connectivity index (χ1n) is 13.5. The molecule has 216 valence electrons. The van der Waals surface area contributed by atoms with Crippen molar-refractivity contribution in [1.29, 1.82) is 0 Å². The minimum absolute atomic E-state index is 0.00741. The second-order valence-corrected chi connectivity index (χ2v) is 12.5. The van der Waals surface area contributed by atoms with Crippen molar-refractivity contribution in [2.24, 2.45) is 16.7 Å². The van der Waals surface area contributed by atoms with Crippen molar-refractivity contribution in [3.63, 3.8) is 0 Å². The molecule has 0 spiro atoms. The highest BCUT2D eigenvalue weighted by molar-refractivity contribution is 6.13. The van der Waals surface area contributed by atoms with E-state index in [4.69, 9.17) is 14.2 Å². The average molecular weight is 548 g/mol. The summed E-state index contributed by atoms with van der Waals surface area (Å²) in [4.78, 5) is 41.6. The smallest absolute Gasteiger partial charge is 0.340 e. The third-order valence-electron chi connectivity index (χ3n) is 9.14. The third kappa shape index (κ3) is 4.50. The Bertz CT molecular complexity index is 1160. The van der Waals surface area contributed by atoms with E-state index in [1.165, 1.54) is 20.2 Å². The lowest BCUT2D eigenvalue weighted by atomic mass is 9.53. The van der Waals surface area contributed by atoms with Gasteiger partial charge in [-0.15, -0.1) is 0 Å². The van der Waals surface area contributed by atoms with Gasteiger partial charge in [-0.05, 0) is 58.4 Å². The van der Waals surface area contributed by atoms with Crippen molar-refractivity contribution in [2.75, 3.05) is 26.9 Å². The molecule has 39 heavy (non-hydrogen) atoms. The van der Waals surface area contributed by atoms with Crippen LogP contribution in [0.2, 0.25) is 0 Å². The van der Waals surface area contributed by atoms with Gasteiger partial charge in [-0.2, -0.15) is 0 Å². The molecule has 4 rings (SSSR count). The number of nitrogens with zero attached hydrogens (tertiary/aromatic N) is 1. The molecule has 1 aliphatic heterocycles. The van der Waals surface area contributed by atoms with E-state index in [0.717, 1.165) is 0 Å². The molecule has 10 heteroatoms. The number of hydrogen-bond acceptors (Lipinski definition) is 10. The fourth-order valence-corrected chi connectivity index (χ4v) is 7.13. The molecule has 1 saturated carbocycles. The lowest BCUT2D eigenvalue weighted by Gasteiger charge is -2.54. The van der Waals surface area contributed by atoms with E-state index < -0.39 is 58.2 Å². The van der Waals surface area contributed by atoms with Crippen molar-refractivity contribution < 1.29 is 43.9 Å². The Hall–Kier alpha value is -2.69. The van der Waals surface area contributed by atoms with E-state index in [2.05, 4.69) is 0 Å². The molecule has 0 radical (unpaired) electrons. The predicted molar refractivity (Wildman–Crippen MR) is 140 cm³/mol. The molecule has 1 saturated heterocycles. The number of hydrogen-bond donors (Lipinski definition) is 3. The highest BCUT2D eigenvalue weighted by atomic mass is 16.6. The number of β-amino-alcohol motifs (C(OH)–C–C–N with tert-alkyl or cyclic N) is 1. The summed E-state index contributed by atoms with van der Waals surface area (Å²) in [6.45, 7) is 10.7. The first kappa shape index (κ1) is 29.3. The van der Waals surface area contributed by atoms with Gasteiger partial charge in [-0.25, -0.2) is 4.79 Å². The van der Waals surface area contributed by atoms with Gasteiger partial charge in [0.25, 0.3) is 0 Å². The van der Waals surface area contributed by atoms with E-state index in [9.17, 15) is 29.7 Å². The summed E-state index contributed by atoms with van der Waals surface area (Å²) in [5.41, 5.74) is -1.65. The highest BCUT2D eigenvalue weighted by Gasteiger charge is 2.64. The van der Waals surface area contributed by atoms with Crippen LogP contribution in [0.3, 0.4) is 0 Å². The van der Waals surface area contributed by atoms with Gasteiger partial charge >= 0.3 is 11.9 Å². The Morgan fingerprint density at radius 2 is 1.90 bits per heavy atom. The Labute approximate surface area is 229 Å². The molecule has 0 bridgehead atoms. The summed E-state index contributed by atoms with van der Waals surface area (Å²) in [5.74, 6) is -2.87. The number of methoxy groups -OCH3 is 1. The normalized spacial score (nSPS) is 35.5. The van der Waals surface area contributed by atoms with Gasteiger partial charge < -0.3 is 34.4 Å². The first-order chi connectivity index (χ1) is 18.1. The largest absolute Gasteiger partial charge is 0.504 e. The van der Waals surface area contributed by atoms with Crippen molar-refractivity contribution in [3.05, 3.63) is 34.3 Å². The molecule has 1 heterocycles. The maximum atomic E-state index is 14.1. The van der Waals surface area contributed by atoms with Crippen molar-refractivity contribution in [3.8, 4) is 0 Å². The van der Waals surface area contributed by atoms with E-state index >= 15 is 0 Å². The second-order valence-electron chi connectivity index (χ2n) is 12.5. The molecule has 0 amide bonds. The minimum Gasteiger partial charge on any atom is -0.504 e. The summed E-state index contributed by atoms with van der Waals surface area (Å²) < 4.78 is 17.2. The van der Waals surface area contributed by atoms with Crippen LogP contribution in [0.1, 0.15) is 60.8 Å². The molecular formula is C29H41NO9. The van der Waals surface area contributed by atoms with Crippen LogP contribution in [0, 0.1) is 16.7 Å². The summed E-state index contributed by atoms with van der Waals surface area (Å²) in [7, 11) is 1.46. The van der Waals surface area contributed by atoms with Crippen LogP contribution >= 0.6 is 0 Å². The number of ether oxygens (including phenoxy) is 3.